The Morgan fingerprint density at radius 1 is 1.42 bits per heavy atom. The van der Waals surface area contributed by atoms with Crippen molar-refractivity contribution in [2.45, 2.75) is 27.2 Å². The van der Waals surface area contributed by atoms with Gasteiger partial charge in [-0.3, -0.25) is 0 Å². The molecule has 1 rings (SSSR count). The van der Waals surface area contributed by atoms with Crippen molar-refractivity contribution in [3.63, 3.8) is 0 Å². The zero-order valence-electron chi connectivity index (χ0n) is 7.76. The van der Waals surface area contributed by atoms with Crippen molar-refractivity contribution in [3.05, 3.63) is 29.0 Å². The van der Waals surface area contributed by atoms with E-state index >= 15 is 0 Å². The molecule has 0 spiro atoms. The van der Waals surface area contributed by atoms with Crippen LogP contribution in [0.3, 0.4) is 0 Å². The Bertz CT molecular complexity index is 263. The van der Waals surface area contributed by atoms with Crippen LogP contribution in [0.4, 0.5) is 0 Å². The first-order valence-corrected chi connectivity index (χ1v) is 4.46. The van der Waals surface area contributed by atoms with E-state index in [9.17, 15) is 0 Å². The molecule has 1 aromatic rings. The first-order valence-electron chi connectivity index (χ1n) is 4.08. The van der Waals surface area contributed by atoms with Crippen molar-refractivity contribution in [3.8, 4) is 0 Å². The Kier molecular flexibility index (Phi) is 2.73. The van der Waals surface area contributed by atoms with E-state index in [-0.39, 0.29) is 5.41 Å². The van der Waals surface area contributed by atoms with Crippen molar-refractivity contribution in [1.29, 1.82) is 0 Å². The highest BCUT2D eigenvalue weighted by Crippen LogP contribution is 2.23. The molecule has 12 heavy (non-hydrogen) atoms. The molecule has 66 valence electrons. The van der Waals surface area contributed by atoms with Crippen molar-refractivity contribution < 1.29 is 0 Å². The summed E-state index contributed by atoms with van der Waals surface area (Å²) in [4.78, 5) is 4.03. The number of nitrogens with zero attached hydrogens (tertiary/aromatic N) is 1. The lowest BCUT2D eigenvalue weighted by Crippen LogP contribution is -2.09. The number of hydrogen-bond donors (Lipinski definition) is 0. The molecule has 0 fully saturated rings. The van der Waals surface area contributed by atoms with Crippen molar-refractivity contribution in [1.82, 2.24) is 4.98 Å². The minimum atomic E-state index is 0.271. The zero-order valence-corrected chi connectivity index (χ0v) is 8.52. The summed E-state index contributed by atoms with van der Waals surface area (Å²) in [7, 11) is 0. The summed E-state index contributed by atoms with van der Waals surface area (Å²) in [5.41, 5.74) is 1.40. The van der Waals surface area contributed by atoms with Gasteiger partial charge in [0.1, 0.15) is 5.15 Å². The normalized spacial score (nSPS) is 11.7. The fourth-order valence-corrected chi connectivity index (χ4v) is 1.31. The van der Waals surface area contributed by atoms with Gasteiger partial charge in [0.15, 0.2) is 0 Å². The summed E-state index contributed by atoms with van der Waals surface area (Å²) < 4.78 is 0. The smallest absolute Gasteiger partial charge is 0.132 e. The first kappa shape index (κ1) is 9.53. The van der Waals surface area contributed by atoms with E-state index in [2.05, 4.69) is 25.8 Å². The maximum absolute atomic E-state index is 5.92. The average Bonchev–Trinajstić information content (AvgIpc) is 1.91. The predicted octanol–water partition coefficient (Wildman–Crippen LogP) is 3.32. The molecule has 0 unspecified atom stereocenters. The molecule has 0 saturated carbocycles. The lowest BCUT2D eigenvalue weighted by molar-refractivity contribution is 0.411. The van der Waals surface area contributed by atoms with Gasteiger partial charge in [0.05, 0.1) is 0 Å². The third-order valence-electron chi connectivity index (χ3n) is 1.56. The monoisotopic (exact) mass is 183 g/mol. The van der Waals surface area contributed by atoms with Gasteiger partial charge in [-0.15, -0.1) is 0 Å². The molecule has 0 amide bonds. The Labute approximate surface area is 78.8 Å². The van der Waals surface area contributed by atoms with Crippen LogP contribution in [0.2, 0.25) is 5.15 Å². The quantitative estimate of drug-likeness (QED) is 0.609. The second kappa shape index (κ2) is 3.44. The summed E-state index contributed by atoms with van der Waals surface area (Å²) in [6, 6.07) is 3.95. The minimum absolute atomic E-state index is 0.271. The molecule has 2 heteroatoms. The second-order valence-corrected chi connectivity index (χ2v) is 4.55. The van der Waals surface area contributed by atoms with Gasteiger partial charge in [-0.1, -0.05) is 38.4 Å². The van der Waals surface area contributed by atoms with Gasteiger partial charge in [-0.2, -0.15) is 0 Å². The molecule has 1 heterocycles. The van der Waals surface area contributed by atoms with Crippen LogP contribution in [0, 0.1) is 5.41 Å². The van der Waals surface area contributed by atoms with Gasteiger partial charge < -0.3 is 0 Å². The molecule has 0 radical (unpaired) electrons. The third kappa shape index (κ3) is 2.82. The van der Waals surface area contributed by atoms with Gasteiger partial charge in [0.2, 0.25) is 0 Å². The number of aromatic nitrogens is 1. The lowest BCUT2D eigenvalue weighted by Gasteiger charge is -2.18. The molecule has 0 atom stereocenters. The molecule has 1 nitrogen and oxygen atoms in total. The second-order valence-electron chi connectivity index (χ2n) is 4.19. The highest BCUT2D eigenvalue weighted by Gasteiger charge is 2.13. The van der Waals surface area contributed by atoms with Crippen molar-refractivity contribution in [2.75, 3.05) is 0 Å². The SMILES string of the molecule is CC(C)(C)Cc1cccnc1Cl. The number of pyridine rings is 1. The van der Waals surface area contributed by atoms with Crippen LogP contribution in [0.25, 0.3) is 0 Å². The Morgan fingerprint density at radius 2 is 2.08 bits per heavy atom. The molecule has 0 aliphatic carbocycles. The first-order chi connectivity index (χ1) is 5.49. The molecule has 0 saturated heterocycles. The Hall–Kier alpha value is -0.560. The average molecular weight is 184 g/mol. The fraction of sp³-hybridized carbons (Fsp3) is 0.500. The lowest BCUT2D eigenvalue weighted by atomic mass is 9.89. The standard InChI is InChI=1S/C10H14ClN/c1-10(2,3)7-8-5-4-6-12-9(8)11/h4-6H,7H2,1-3H3. The van der Waals surface area contributed by atoms with Crippen LogP contribution in [-0.4, -0.2) is 4.98 Å². The molecule has 0 aliphatic rings. The largest absolute Gasteiger partial charge is 0.244 e. The summed E-state index contributed by atoms with van der Waals surface area (Å²) in [5.74, 6) is 0. The van der Waals surface area contributed by atoms with Gasteiger partial charge >= 0.3 is 0 Å². The topological polar surface area (TPSA) is 12.9 Å². The molecule has 0 N–H and O–H groups in total. The third-order valence-corrected chi connectivity index (χ3v) is 1.90. The summed E-state index contributed by atoms with van der Waals surface area (Å²) in [6.07, 6.45) is 2.69. The molecule has 0 aliphatic heterocycles. The molecule has 0 bridgehead atoms. The predicted molar refractivity (Wildman–Crippen MR) is 52.4 cm³/mol. The molecular formula is C10H14ClN. The van der Waals surface area contributed by atoms with Crippen LogP contribution in [0.1, 0.15) is 26.3 Å². The summed E-state index contributed by atoms with van der Waals surface area (Å²) in [5, 5.41) is 0.632. The highest BCUT2D eigenvalue weighted by atomic mass is 35.5. The number of halogens is 1. The molecule has 1 aromatic heterocycles. The van der Waals surface area contributed by atoms with Gasteiger partial charge in [0, 0.05) is 6.20 Å². The Morgan fingerprint density at radius 3 is 2.58 bits per heavy atom. The van der Waals surface area contributed by atoms with Crippen LogP contribution >= 0.6 is 11.6 Å². The van der Waals surface area contributed by atoms with E-state index in [4.69, 9.17) is 11.6 Å². The van der Waals surface area contributed by atoms with Crippen LogP contribution in [0.15, 0.2) is 18.3 Å². The maximum Gasteiger partial charge on any atom is 0.132 e. The minimum Gasteiger partial charge on any atom is -0.244 e. The van der Waals surface area contributed by atoms with Gasteiger partial charge in [0.25, 0.3) is 0 Å². The van der Waals surface area contributed by atoms with E-state index < -0.39 is 0 Å². The highest BCUT2D eigenvalue weighted by molar-refractivity contribution is 6.30. The van der Waals surface area contributed by atoms with Crippen LogP contribution in [0.5, 0.6) is 0 Å². The van der Waals surface area contributed by atoms with Crippen molar-refractivity contribution in [2.24, 2.45) is 5.41 Å². The van der Waals surface area contributed by atoms with Crippen LogP contribution < -0.4 is 0 Å². The van der Waals surface area contributed by atoms with E-state index in [0.29, 0.717) is 5.15 Å². The number of hydrogen-bond acceptors (Lipinski definition) is 1. The molecular weight excluding hydrogens is 170 g/mol. The summed E-state index contributed by atoms with van der Waals surface area (Å²) in [6.45, 7) is 6.57. The summed E-state index contributed by atoms with van der Waals surface area (Å²) >= 11 is 5.92. The number of rotatable bonds is 1. The van der Waals surface area contributed by atoms with E-state index in [1.807, 2.05) is 12.1 Å². The fourth-order valence-electron chi connectivity index (χ4n) is 1.12. The molecule has 0 aromatic carbocycles. The van der Waals surface area contributed by atoms with E-state index in [0.717, 1.165) is 12.0 Å². The van der Waals surface area contributed by atoms with E-state index in [1.54, 1.807) is 6.20 Å². The zero-order chi connectivity index (χ0) is 9.19. The van der Waals surface area contributed by atoms with E-state index in [1.165, 1.54) is 0 Å². The Balaban J connectivity index is 2.83. The maximum atomic E-state index is 5.92. The van der Waals surface area contributed by atoms with Crippen molar-refractivity contribution >= 4 is 11.6 Å². The van der Waals surface area contributed by atoms with Crippen LogP contribution in [-0.2, 0) is 6.42 Å². The van der Waals surface area contributed by atoms with Gasteiger partial charge in [-0.05, 0) is 23.5 Å². The van der Waals surface area contributed by atoms with Gasteiger partial charge in [-0.25, -0.2) is 4.98 Å².